The number of carbonyl (C=O) groups is 1. The van der Waals surface area contributed by atoms with E-state index in [1.54, 1.807) is 0 Å². The molecule has 5 nitrogen and oxygen atoms in total. The summed E-state index contributed by atoms with van der Waals surface area (Å²) < 4.78 is 5.75. The molecule has 5 heteroatoms. The molecule has 3 aliphatic carbocycles. The molecule has 3 aliphatic rings. The van der Waals surface area contributed by atoms with Gasteiger partial charge in [-0.3, -0.25) is 4.79 Å². The maximum atomic E-state index is 12.2. The summed E-state index contributed by atoms with van der Waals surface area (Å²) >= 11 is 0. The van der Waals surface area contributed by atoms with E-state index in [4.69, 9.17) is 4.42 Å². The van der Waals surface area contributed by atoms with Crippen LogP contribution in [0, 0.1) is 11.8 Å². The molecule has 132 valence electrons. The van der Waals surface area contributed by atoms with Crippen LogP contribution in [0.1, 0.15) is 88.3 Å². The lowest BCUT2D eigenvalue weighted by atomic mass is 9.85. The molecule has 1 aromatic heterocycles. The lowest BCUT2D eigenvalue weighted by Crippen LogP contribution is -2.28. The third kappa shape index (κ3) is 3.81. The number of carbonyl (C=O) groups excluding carboxylic acids is 1. The van der Waals surface area contributed by atoms with E-state index >= 15 is 0 Å². The van der Waals surface area contributed by atoms with E-state index in [0.717, 1.165) is 30.6 Å². The zero-order valence-corrected chi connectivity index (χ0v) is 14.5. The number of amides is 1. The molecule has 3 fully saturated rings. The van der Waals surface area contributed by atoms with Gasteiger partial charge in [0.1, 0.15) is 0 Å². The zero-order valence-electron chi connectivity index (χ0n) is 14.5. The van der Waals surface area contributed by atoms with E-state index in [0.29, 0.717) is 30.7 Å². The molecule has 3 saturated carbocycles. The summed E-state index contributed by atoms with van der Waals surface area (Å²) in [5.41, 5.74) is 0. The van der Waals surface area contributed by atoms with Gasteiger partial charge in [0.15, 0.2) is 0 Å². The third-order valence-electron chi connectivity index (χ3n) is 6.19. The highest BCUT2D eigenvalue weighted by atomic mass is 16.4. The van der Waals surface area contributed by atoms with Crippen LogP contribution in [0.2, 0.25) is 0 Å². The fraction of sp³-hybridized carbons (Fsp3) is 0.842. The molecule has 0 bridgehead atoms. The Labute approximate surface area is 144 Å². The average Bonchev–Trinajstić information content (AvgIpc) is 3.03. The van der Waals surface area contributed by atoms with E-state index in [9.17, 15) is 4.79 Å². The van der Waals surface area contributed by atoms with Crippen LogP contribution < -0.4 is 5.32 Å². The van der Waals surface area contributed by atoms with E-state index in [-0.39, 0.29) is 5.91 Å². The first-order valence-electron chi connectivity index (χ1n) is 9.91. The topological polar surface area (TPSA) is 68.0 Å². The minimum absolute atomic E-state index is 0.138. The van der Waals surface area contributed by atoms with Crippen molar-refractivity contribution in [1.82, 2.24) is 15.5 Å². The Kier molecular flexibility index (Phi) is 4.86. The van der Waals surface area contributed by atoms with Crippen molar-refractivity contribution in [2.75, 3.05) is 0 Å². The molecule has 0 aromatic carbocycles. The van der Waals surface area contributed by atoms with Gasteiger partial charge in [0, 0.05) is 24.8 Å². The first-order chi connectivity index (χ1) is 11.8. The zero-order chi connectivity index (χ0) is 16.4. The van der Waals surface area contributed by atoms with Gasteiger partial charge in [0.25, 0.3) is 0 Å². The smallest absolute Gasteiger partial charge is 0.220 e. The van der Waals surface area contributed by atoms with Crippen LogP contribution in [-0.2, 0) is 11.2 Å². The summed E-state index contributed by atoms with van der Waals surface area (Å²) in [4.78, 5) is 12.2. The monoisotopic (exact) mass is 331 g/mol. The Hall–Kier alpha value is -1.39. The van der Waals surface area contributed by atoms with Crippen LogP contribution in [0.3, 0.4) is 0 Å². The molecule has 2 atom stereocenters. The second-order valence-corrected chi connectivity index (χ2v) is 7.99. The van der Waals surface area contributed by atoms with Crippen molar-refractivity contribution in [3.05, 3.63) is 11.8 Å². The van der Waals surface area contributed by atoms with Gasteiger partial charge in [0.05, 0.1) is 0 Å². The molecule has 0 saturated heterocycles. The Morgan fingerprint density at radius 3 is 2.58 bits per heavy atom. The highest BCUT2D eigenvalue weighted by Crippen LogP contribution is 2.44. The van der Waals surface area contributed by atoms with Crippen molar-refractivity contribution in [2.45, 2.75) is 89.0 Å². The summed E-state index contributed by atoms with van der Waals surface area (Å²) in [5, 5.41) is 11.5. The first-order valence-corrected chi connectivity index (χ1v) is 9.91. The normalized spacial score (nSPS) is 28.2. The minimum Gasteiger partial charge on any atom is -0.425 e. The van der Waals surface area contributed by atoms with Gasteiger partial charge in [-0.25, -0.2) is 0 Å². The van der Waals surface area contributed by atoms with Crippen LogP contribution in [0.15, 0.2) is 4.42 Å². The van der Waals surface area contributed by atoms with Crippen molar-refractivity contribution in [2.24, 2.45) is 11.8 Å². The molecule has 0 unspecified atom stereocenters. The lowest BCUT2D eigenvalue weighted by molar-refractivity contribution is -0.121. The fourth-order valence-corrected chi connectivity index (χ4v) is 4.67. The predicted octanol–water partition coefficient (Wildman–Crippen LogP) is 3.74. The molecule has 4 rings (SSSR count). The van der Waals surface area contributed by atoms with E-state index in [1.807, 2.05) is 0 Å². The van der Waals surface area contributed by atoms with Gasteiger partial charge in [0.2, 0.25) is 17.7 Å². The lowest BCUT2D eigenvalue weighted by Gasteiger charge is -2.21. The molecule has 1 heterocycles. The summed E-state index contributed by atoms with van der Waals surface area (Å²) in [5.74, 6) is 3.58. The van der Waals surface area contributed by atoms with Crippen molar-refractivity contribution < 1.29 is 9.21 Å². The number of aryl methyl sites for hydroxylation is 1. The molecule has 0 radical (unpaired) electrons. The second-order valence-electron chi connectivity index (χ2n) is 7.99. The SMILES string of the molecule is O=C(CCc1nnc(C2CCCC2)o1)N[C@H]1C[C@@H]1C1CCCCC1. The Bertz CT molecular complexity index is 559. The molecule has 1 amide bonds. The van der Waals surface area contributed by atoms with Gasteiger partial charge >= 0.3 is 0 Å². The van der Waals surface area contributed by atoms with Crippen LogP contribution in [-0.4, -0.2) is 22.1 Å². The molecule has 0 aliphatic heterocycles. The highest BCUT2D eigenvalue weighted by molar-refractivity contribution is 5.76. The van der Waals surface area contributed by atoms with Gasteiger partial charge in [-0.1, -0.05) is 44.9 Å². The number of nitrogens with one attached hydrogen (secondary N) is 1. The minimum atomic E-state index is 0.138. The largest absolute Gasteiger partial charge is 0.425 e. The van der Waals surface area contributed by atoms with Crippen molar-refractivity contribution in [3.63, 3.8) is 0 Å². The molecular weight excluding hydrogens is 302 g/mol. The Morgan fingerprint density at radius 2 is 1.79 bits per heavy atom. The highest BCUT2D eigenvalue weighted by Gasteiger charge is 2.43. The molecule has 1 N–H and O–H groups in total. The fourth-order valence-electron chi connectivity index (χ4n) is 4.67. The number of hydrogen-bond acceptors (Lipinski definition) is 4. The number of rotatable bonds is 6. The quantitative estimate of drug-likeness (QED) is 0.862. The van der Waals surface area contributed by atoms with Gasteiger partial charge in [-0.05, 0) is 31.1 Å². The first kappa shape index (κ1) is 16.1. The van der Waals surface area contributed by atoms with Crippen LogP contribution in [0.4, 0.5) is 0 Å². The second kappa shape index (κ2) is 7.24. The standard InChI is InChI=1S/C19H29N3O2/c23-17(20-16-12-15(16)13-6-2-1-3-7-13)10-11-18-21-22-19(24-18)14-8-4-5-9-14/h13-16H,1-12H2,(H,20,23)/t15-,16+/m1/s1. The van der Waals surface area contributed by atoms with E-state index < -0.39 is 0 Å². The van der Waals surface area contributed by atoms with Crippen LogP contribution in [0.5, 0.6) is 0 Å². The number of nitrogens with zero attached hydrogens (tertiary/aromatic N) is 2. The summed E-state index contributed by atoms with van der Waals surface area (Å²) in [7, 11) is 0. The predicted molar refractivity (Wildman–Crippen MR) is 90.4 cm³/mol. The number of hydrogen-bond donors (Lipinski definition) is 1. The Morgan fingerprint density at radius 1 is 1.04 bits per heavy atom. The van der Waals surface area contributed by atoms with Crippen molar-refractivity contribution >= 4 is 5.91 Å². The summed E-state index contributed by atoms with van der Waals surface area (Å²) in [6, 6.07) is 0.428. The third-order valence-corrected chi connectivity index (χ3v) is 6.19. The number of aromatic nitrogens is 2. The van der Waals surface area contributed by atoms with E-state index in [1.165, 1.54) is 51.4 Å². The molecule has 1 aromatic rings. The molecular formula is C19H29N3O2. The average molecular weight is 331 g/mol. The van der Waals surface area contributed by atoms with Crippen LogP contribution >= 0.6 is 0 Å². The molecule has 0 spiro atoms. The maximum absolute atomic E-state index is 12.2. The van der Waals surface area contributed by atoms with E-state index in [2.05, 4.69) is 15.5 Å². The van der Waals surface area contributed by atoms with Crippen molar-refractivity contribution in [1.29, 1.82) is 0 Å². The van der Waals surface area contributed by atoms with Crippen LogP contribution in [0.25, 0.3) is 0 Å². The van der Waals surface area contributed by atoms with Crippen molar-refractivity contribution in [3.8, 4) is 0 Å². The Balaban J connectivity index is 1.18. The molecule has 24 heavy (non-hydrogen) atoms. The summed E-state index contributed by atoms with van der Waals surface area (Å²) in [6.45, 7) is 0. The van der Waals surface area contributed by atoms with Gasteiger partial charge in [-0.15, -0.1) is 10.2 Å². The van der Waals surface area contributed by atoms with Gasteiger partial charge in [-0.2, -0.15) is 0 Å². The summed E-state index contributed by atoms with van der Waals surface area (Å²) in [6.07, 6.45) is 13.9. The maximum Gasteiger partial charge on any atom is 0.220 e. The van der Waals surface area contributed by atoms with Gasteiger partial charge < -0.3 is 9.73 Å².